The van der Waals surface area contributed by atoms with Crippen molar-refractivity contribution >= 4 is 7.82 Å². The molecule has 216 valence electrons. The minimum atomic E-state index is -4.25. The van der Waals surface area contributed by atoms with Gasteiger partial charge in [-0.25, -0.2) is 4.57 Å². The maximum absolute atomic E-state index is 10.4. The van der Waals surface area contributed by atoms with E-state index in [2.05, 4.69) is 22.1 Å². The van der Waals surface area contributed by atoms with E-state index in [0.29, 0.717) is 26.2 Å². The van der Waals surface area contributed by atoms with Crippen LogP contribution in [0.15, 0.2) is 0 Å². The smallest absolute Gasteiger partial charge is 0.395 e. The SMILES string of the molecule is CCCCCCCCCCCCCCCCOP(=O)(O)O.OCCNCCO.OCCNCCO. The zero-order chi connectivity index (χ0) is 26.9. The predicted octanol–water partition coefficient (Wildman–Crippen LogP) is 2.70. The second kappa shape index (κ2) is 36.0. The summed E-state index contributed by atoms with van der Waals surface area (Å²) in [7, 11) is -4.25. The van der Waals surface area contributed by atoms with E-state index >= 15 is 0 Å². The second-order valence-corrected chi connectivity index (χ2v) is 9.55. The van der Waals surface area contributed by atoms with E-state index in [1.54, 1.807) is 0 Å². The summed E-state index contributed by atoms with van der Waals surface area (Å²) in [6.07, 6.45) is 17.8. The van der Waals surface area contributed by atoms with Crippen LogP contribution in [0.4, 0.5) is 0 Å². The Kier molecular flexibility index (Phi) is 40.5. The molecule has 0 saturated carbocycles. The Morgan fingerprint density at radius 3 is 1.09 bits per heavy atom. The first-order valence-corrected chi connectivity index (χ1v) is 15.0. The third-order valence-electron chi connectivity index (χ3n) is 4.91. The summed E-state index contributed by atoms with van der Waals surface area (Å²) >= 11 is 0. The highest BCUT2D eigenvalue weighted by Gasteiger charge is 2.12. The Labute approximate surface area is 214 Å². The summed E-state index contributed by atoms with van der Waals surface area (Å²) in [4.78, 5) is 17.0. The van der Waals surface area contributed by atoms with Gasteiger partial charge in [0.15, 0.2) is 0 Å². The largest absolute Gasteiger partial charge is 0.469 e. The molecule has 35 heavy (non-hydrogen) atoms. The molecule has 0 radical (unpaired) electrons. The summed E-state index contributed by atoms with van der Waals surface area (Å²) in [6.45, 7) is 5.26. The van der Waals surface area contributed by atoms with Gasteiger partial charge in [0.05, 0.1) is 33.0 Å². The van der Waals surface area contributed by atoms with Gasteiger partial charge in [-0.05, 0) is 6.42 Å². The maximum Gasteiger partial charge on any atom is 0.469 e. The van der Waals surface area contributed by atoms with Crippen LogP contribution in [0.3, 0.4) is 0 Å². The van der Waals surface area contributed by atoms with E-state index in [9.17, 15) is 4.57 Å². The van der Waals surface area contributed by atoms with Crippen molar-refractivity contribution in [2.24, 2.45) is 0 Å². The molecule has 8 N–H and O–H groups in total. The molecule has 0 aromatic rings. The lowest BCUT2D eigenvalue weighted by Crippen LogP contribution is -2.21. The van der Waals surface area contributed by atoms with E-state index in [4.69, 9.17) is 30.2 Å². The average molecular weight is 533 g/mol. The van der Waals surface area contributed by atoms with Gasteiger partial charge in [-0.15, -0.1) is 0 Å². The summed E-state index contributed by atoms with van der Waals surface area (Å²) < 4.78 is 14.8. The normalized spacial score (nSPS) is 10.9. The third-order valence-corrected chi connectivity index (χ3v) is 5.43. The van der Waals surface area contributed by atoms with Crippen molar-refractivity contribution in [1.82, 2.24) is 10.6 Å². The van der Waals surface area contributed by atoms with E-state index in [-0.39, 0.29) is 33.0 Å². The number of nitrogens with one attached hydrogen (secondary N) is 2. The van der Waals surface area contributed by atoms with Crippen molar-refractivity contribution < 1.29 is 39.3 Å². The molecule has 0 amide bonds. The lowest BCUT2D eigenvalue weighted by Gasteiger charge is -2.05. The van der Waals surface area contributed by atoms with Crippen LogP contribution in [0.1, 0.15) is 96.8 Å². The number of hydrogen-bond acceptors (Lipinski definition) is 8. The predicted molar refractivity (Wildman–Crippen MR) is 142 cm³/mol. The van der Waals surface area contributed by atoms with Gasteiger partial charge in [0.25, 0.3) is 0 Å². The van der Waals surface area contributed by atoms with Crippen LogP contribution in [0.25, 0.3) is 0 Å². The molecule has 0 aromatic heterocycles. The van der Waals surface area contributed by atoms with Crippen molar-refractivity contribution in [2.75, 3.05) is 59.2 Å². The highest BCUT2D eigenvalue weighted by atomic mass is 31.2. The number of aliphatic hydroxyl groups is 4. The van der Waals surface area contributed by atoms with Crippen LogP contribution in [0, 0.1) is 0 Å². The summed E-state index contributed by atoms with van der Waals surface area (Å²) in [5.74, 6) is 0. The van der Waals surface area contributed by atoms with Gasteiger partial charge in [0.1, 0.15) is 0 Å². The minimum absolute atomic E-state index is 0.139. The quantitative estimate of drug-likeness (QED) is 0.0682. The molecule has 0 atom stereocenters. The molecule has 0 saturated heterocycles. The first-order chi connectivity index (χ1) is 16.9. The number of unbranched alkanes of at least 4 members (excludes halogenated alkanes) is 13. The van der Waals surface area contributed by atoms with Crippen molar-refractivity contribution in [3.05, 3.63) is 0 Å². The highest BCUT2D eigenvalue weighted by Crippen LogP contribution is 2.35. The Morgan fingerprint density at radius 2 is 0.829 bits per heavy atom. The maximum atomic E-state index is 10.4. The van der Waals surface area contributed by atoms with Crippen LogP contribution in [0.5, 0.6) is 0 Å². The average Bonchev–Trinajstić information content (AvgIpc) is 2.82. The van der Waals surface area contributed by atoms with Crippen molar-refractivity contribution in [2.45, 2.75) is 96.8 Å². The Hall–Kier alpha value is -0.130. The van der Waals surface area contributed by atoms with Crippen LogP contribution in [-0.2, 0) is 9.09 Å². The van der Waals surface area contributed by atoms with E-state index in [1.807, 2.05) is 0 Å². The van der Waals surface area contributed by atoms with Gasteiger partial charge in [-0.2, -0.15) is 0 Å². The fourth-order valence-electron chi connectivity index (χ4n) is 3.05. The topological polar surface area (TPSA) is 172 Å². The first-order valence-electron chi connectivity index (χ1n) is 13.4. The van der Waals surface area contributed by atoms with Crippen molar-refractivity contribution in [3.63, 3.8) is 0 Å². The number of phosphoric acid groups is 1. The van der Waals surface area contributed by atoms with Crippen LogP contribution in [0.2, 0.25) is 0 Å². The monoisotopic (exact) mass is 532 g/mol. The standard InChI is InChI=1S/C16H35O4P.2C4H11NO2/c1-2-3-4-5-6-7-8-9-10-11-12-13-14-15-16-20-21(17,18)19;2*6-3-1-5-2-4-7/h2-16H2,1H3,(H2,17,18,19);2*5-7H,1-4H2. The molecule has 0 aliphatic heterocycles. The van der Waals surface area contributed by atoms with E-state index in [0.717, 1.165) is 19.3 Å². The summed E-state index contributed by atoms with van der Waals surface area (Å²) in [5, 5.41) is 38.2. The number of aliphatic hydroxyl groups excluding tert-OH is 4. The Balaban J connectivity index is -0.000000594. The van der Waals surface area contributed by atoms with E-state index in [1.165, 1.54) is 70.6 Å². The minimum Gasteiger partial charge on any atom is -0.395 e. The Morgan fingerprint density at radius 1 is 0.543 bits per heavy atom. The Bertz CT molecular complexity index is 386. The van der Waals surface area contributed by atoms with Gasteiger partial charge in [-0.3, -0.25) is 4.52 Å². The van der Waals surface area contributed by atoms with Gasteiger partial charge in [0, 0.05) is 26.2 Å². The zero-order valence-electron chi connectivity index (χ0n) is 22.2. The summed E-state index contributed by atoms with van der Waals surface area (Å²) in [5.41, 5.74) is 0. The molecule has 10 nitrogen and oxygen atoms in total. The van der Waals surface area contributed by atoms with Crippen molar-refractivity contribution in [1.29, 1.82) is 0 Å². The summed E-state index contributed by atoms with van der Waals surface area (Å²) in [6, 6.07) is 0. The molecule has 11 heteroatoms. The molecule has 0 aliphatic rings. The second-order valence-electron chi connectivity index (χ2n) is 8.31. The van der Waals surface area contributed by atoms with Gasteiger partial charge in [-0.1, -0.05) is 90.4 Å². The van der Waals surface area contributed by atoms with Crippen LogP contribution in [-0.4, -0.2) is 89.4 Å². The molecule has 0 aliphatic carbocycles. The lowest BCUT2D eigenvalue weighted by atomic mass is 10.0. The molecule has 0 aromatic carbocycles. The molecule has 0 fully saturated rings. The third kappa shape index (κ3) is 51.4. The lowest BCUT2D eigenvalue weighted by molar-refractivity contribution is 0.193. The number of hydrogen-bond donors (Lipinski definition) is 8. The number of phosphoric ester groups is 1. The highest BCUT2D eigenvalue weighted by molar-refractivity contribution is 7.46. The fourth-order valence-corrected chi connectivity index (χ4v) is 3.41. The van der Waals surface area contributed by atoms with Crippen molar-refractivity contribution in [3.8, 4) is 0 Å². The van der Waals surface area contributed by atoms with Gasteiger partial charge >= 0.3 is 7.82 Å². The molecular formula is C24H57N2O8P. The molecular weight excluding hydrogens is 475 g/mol. The van der Waals surface area contributed by atoms with Crippen LogP contribution >= 0.6 is 7.82 Å². The molecule has 0 heterocycles. The molecule has 0 spiro atoms. The molecule has 0 bridgehead atoms. The van der Waals surface area contributed by atoms with Gasteiger partial charge in [0.2, 0.25) is 0 Å². The molecule has 0 unspecified atom stereocenters. The van der Waals surface area contributed by atoms with Crippen LogP contribution < -0.4 is 10.6 Å². The van der Waals surface area contributed by atoms with Gasteiger partial charge < -0.3 is 40.8 Å². The number of rotatable bonds is 24. The zero-order valence-corrected chi connectivity index (χ0v) is 23.1. The molecule has 0 rings (SSSR count). The first kappa shape index (κ1) is 39.4. The van der Waals surface area contributed by atoms with E-state index < -0.39 is 7.82 Å². The fraction of sp³-hybridized carbons (Fsp3) is 1.00.